The Morgan fingerprint density at radius 3 is 1.27 bits per heavy atom. The second-order valence-corrected chi connectivity index (χ2v) is 21.9. The second kappa shape index (κ2) is 49.7. The molecule has 2 heterocycles. The highest BCUT2D eigenvalue weighted by molar-refractivity contribution is 5.69. The largest absolute Gasteiger partial charge is 0.457 e. The van der Waals surface area contributed by atoms with E-state index in [0.717, 1.165) is 57.8 Å². The maximum Gasteiger partial charge on any atom is 0.306 e. The van der Waals surface area contributed by atoms with Crippen LogP contribution in [-0.2, 0) is 33.2 Å². The van der Waals surface area contributed by atoms with Gasteiger partial charge in [-0.05, 0) is 77.0 Å². The van der Waals surface area contributed by atoms with Crippen molar-refractivity contribution < 1.29 is 69.0 Å². The van der Waals surface area contributed by atoms with Gasteiger partial charge in [0.05, 0.1) is 26.4 Å². The van der Waals surface area contributed by atoms with Gasteiger partial charge in [-0.3, -0.25) is 4.79 Å². The lowest BCUT2D eigenvalue weighted by molar-refractivity contribution is -0.332. The molecular weight excluding hydrogens is 981 g/mol. The number of unbranched alkanes of at least 4 members (excludes halogenated alkanes) is 29. The minimum absolute atomic E-state index is 0.0583. The van der Waals surface area contributed by atoms with E-state index in [2.05, 4.69) is 62.5 Å². The van der Waals surface area contributed by atoms with Crippen LogP contribution in [0.15, 0.2) is 48.6 Å². The Bertz CT molecular complexity index is 1460. The van der Waals surface area contributed by atoms with Gasteiger partial charge in [-0.15, -0.1) is 0 Å². The summed E-state index contributed by atoms with van der Waals surface area (Å²) in [5, 5.41) is 72.4. The van der Waals surface area contributed by atoms with Crippen molar-refractivity contribution in [2.75, 3.05) is 33.0 Å². The summed E-state index contributed by atoms with van der Waals surface area (Å²) in [7, 11) is 0. The van der Waals surface area contributed by atoms with E-state index in [-0.39, 0.29) is 25.6 Å². The third-order valence-electron chi connectivity index (χ3n) is 14.8. The van der Waals surface area contributed by atoms with Crippen molar-refractivity contribution in [3.63, 3.8) is 0 Å². The molecule has 0 saturated carbocycles. The van der Waals surface area contributed by atoms with Crippen molar-refractivity contribution in [1.82, 2.24) is 0 Å². The summed E-state index contributed by atoms with van der Waals surface area (Å²) >= 11 is 0. The van der Waals surface area contributed by atoms with Crippen molar-refractivity contribution in [2.24, 2.45) is 0 Å². The molecule has 2 aliphatic rings. The summed E-state index contributed by atoms with van der Waals surface area (Å²) < 4.78 is 34.5. The standard InChI is InChI=1S/C63H114O14/c1-3-5-7-9-11-13-15-17-19-21-23-24-25-26-27-28-29-30-32-34-36-38-40-42-44-46-55(65)75-52(49-72-47-45-43-41-39-37-35-33-31-22-20-18-16-14-12-10-8-6-4-2)50-73-62-61(71)59(69)57(67)54(77-62)51-74-63-60(70)58(68)56(66)53(48-64)76-63/h15,17-18,20-21,23,25-26,52-54,56-64,66-71H,3-14,16,19,22,24,27-51H2,1-2H3/b17-15-,20-18-,23-21-,26-25-. The van der Waals surface area contributed by atoms with Crippen LogP contribution in [0.2, 0.25) is 0 Å². The monoisotopic (exact) mass is 1090 g/mol. The molecule has 0 aromatic rings. The van der Waals surface area contributed by atoms with Crippen LogP contribution < -0.4 is 0 Å². The maximum atomic E-state index is 13.1. The van der Waals surface area contributed by atoms with E-state index in [0.29, 0.717) is 13.0 Å². The summed E-state index contributed by atoms with van der Waals surface area (Å²) in [5.74, 6) is -0.379. The molecule has 77 heavy (non-hydrogen) atoms. The molecule has 0 aromatic heterocycles. The van der Waals surface area contributed by atoms with Crippen LogP contribution in [0, 0.1) is 0 Å². The fourth-order valence-corrected chi connectivity index (χ4v) is 9.76. The van der Waals surface area contributed by atoms with Crippen LogP contribution in [0.5, 0.6) is 0 Å². The van der Waals surface area contributed by atoms with Gasteiger partial charge in [0.25, 0.3) is 0 Å². The number of hydrogen-bond donors (Lipinski definition) is 7. The highest BCUT2D eigenvalue weighted by atomic mass is 16.7. The molecule has 0 bridgehead atoms. The zero-order valence-corrected chi connectivity index (χ0v) is 48.4. The van der Waals surface area contributed by atoms with E-state index in [4.69, 9.17) is 28.4 Å². The SMILES string of the molecule is CCCCCCC/C=C\C/C=C\C/C=C\CCCCCCCCCCCCC(=O)OC(COCCCCCCCCCC/C=C\CCCCCCCC)COC1OC(COC2OC(CO)C(O)C(O)C2O)C(O)C(O)C1O. The first kappa shape index (κ1) is 71.1. The summed E-state index contributed by atoms with van der Waals surface area (Å²) in [5.41, 5.74) is 0. The van der Waals surface area contributed by atoms with E-state index < -0.39 is 80.7 Å². The Morgan fingerprint density at radius 2 is 0.805 bits per heavy atom. The van der Waals surface area contributed by atoms with Gasteiger partial charge in [-0.2, -0.15) is 0 Å². The number of carbonyl (C=O) groups excluding carboxylic acids is 1. The van der Waals surface area contributed by atoms with Crippen molar-refractivity contribution in [3.8, 4) is 0 Å². The summed E-state index contributed by atoms with van der Waals surface area (Å²) in [4.78, 5) is 13.1. The molecule has 2 aliphatic heterocycles. The number of rotatable bonds is 51. The molecule has 0 aliphatic carbocycles. The number of ether oxygens (including phenoxy) is 6. The summed E-state index contributed by atoms with van der Waals surface area (Å²) in [6, 6.07) is 0. The summed E-state index contributed by atoms with van der Waals surface area (Å²) in [6.45, 7) is 3.69. The second-order valence-electron chi connectivity index (χ2n) is 21.9. The first-order chi connectivity index (χ1) is 37.6. The fourth-order valence-electron chi connectivity index (χ4n) is 9.76. The molecule has 11 unspecified atom stereocenters. The topological polar surface area (TPSA) is 214 Å². The lowest BCUT2D eigenvalue weighted by Gasteiger charge is -2.42. The van der Waals surface area contributed by atoms with Gasteiger partial charge in [-0.1, -0.05) is 210 Å². The van der Waals surface area contributed by atoms with Gasteiger partial charge >= 0.3 is 5.97 Å². The Kier molecular flexibility index (Phi) is 45.9. The van der Waals surface area contributed by atoms with Crippen molar-refractivity contribution in [2.45, 2.75) is 313 Å². The van der Waals surface area contributed by atoms with Crippen molar-refractivity contribution >= 4 is 5.97 Å². The number of allylic oxidation sites excluding steroid dienone is 8. The molecule has 0 spiro atoms. The summed E-state index contributed by atoms with van der Waals surface area (Å²) in [6.07, 6.45) is 44.5. The molecule has 7 N–H and O–H groups in total. The quantitative estimate of drug-likeness (QED) is 0.0172. The van der Waals surface area contributed by atoms with E-state index in [1.54, 1.807) is 0 Å². The number of aliphatic hydroxyl groups excluding tert-OH is 7. The molecule has 11 atom stereocenters. The van der Waals surface area contributed by atoms with Gasteiger partial charge in [0.15, 0.2) is 12.6 Å². The Balaban J connectivity index is 1.69. The normalized spacial score (nSPS) is 24.6. The van der Waals surface area contributed by atoms with E-state index in [1.165, 1.54) is 161 Å². The molecule has 2 saturated heterocycles. The van der Waals surface area contributed by atoms with Crippen LogP contribution >= 0.6 is 0 Å². The molecule has 2 rings (SSSR count). The number of aliphatic hydroxyl groups is 7. The lowest BCUT2D eigenvalue weighted by Crippen LogP contribution is -2.61. The minimum Gasteiger partial charge on any atom is -0.457 e. The van der Waals surface area contributed by atoms with Crippen LogP contribution in [0.25, 0.3) is 0 Å². The van der Waals surface area contributed by atoms with E-state index in [1.807, 2.05) is 0 Å². The first-order valence-electron chi connectivity index (χ1n) is 31.2. The van der Waals surface area contributed by atoms with Crippen molar-refractivity contribution in [3.05, 3.63) is 48.6 Å². The highest BCUT2D eigenvalue weighted by Crippen LogP contribution is 2.27. The number of hydrogen-bond acceptors (Lipinski definition) is 14. The smallest absolute Gasteiger partial charge is 0.306 e. The Labute approximate surface area is 467 Å². The van der Waals surface area contributed by atoms with Crippen molar-refractivity contribution in [1.29, 1.82) is 0 Å². The predicted octanol–water partition coefficient (Wildman–Crippen LogP) is 11.9. The zero-order valence-electron chi connectivity index (χ0n) is 48.4. The molecule has 2 fully saturated rings. The lowest BCUT2D eigenvalue weighted by atomic mass is 9.98. The molecular formula is C63H114O14. The number of carbonyl (C=O) groups is 1. The molecule has 0 amide bonds. The molecule has 14 nitrogen and oxygen atoms in total. The van der Waals surface area contributed by atoms with Crippen LogP contribution in [0.4, 0.5) is 0 Å². The van der Waals surface area contributed by atoms with Crippen LogP contribution in [0.1, 0.15) is 245 Å². The van der Waals surface area contributed by atoms with Gasteiger partial charge in [0.1, 0.15) is 54.9 Å². The predicted molar refractivity (Wildman–Crippen MR) is 307 cm³/mol. The third-order valence-corrected chi connectivity index (χ3v) is 14.8. The maximum absolute atomic E-state index is 13.1. The van der Waals surface area contributed by atoms with E-state index >= 15 is 0 Å². The minimum atomic E-state index is -1.71. The van der Waals surface area contributed by atoms with Gasteiger partial charge in [0.2, 0.25) is 0 Å². The molecule has 450 valence electrons. The highest BCUT2D eigenvalue weighted by Gasteiger charge is 2.47. The first-order valence-corrected chi connectivity index (χ1v) is 31.2. The Morgan fingerprint density at radius 1 is 0.429 bits per heavy atom. The van der Waals surface area contributed by atoms with Gasteiger partial charge < -0.3 is 64.2 Å². The fraction of sp³-hybridized carbons (Fsp3) is 0.857. The van der Waals surface area contributed by atoms with Gasteiger partial charge in [0, 0.05) is 13.0 Å². The third kappa shape index (κ3) is 36.1. The number of esters is 1. The zero-order chi connectivity index (χ0) is 55.8. The molecule has 0 radical (unpaired) electrons. The van der Waals surface area contributed by atoms with Crippen LogP contribution in [-0.4, -0.2) is 142 Å². The molecule has 0 aromatic carbocycles. The average Bonchev–Trinajstić information content (AvgIpc) is 3.43. The molecule has 14 heteroatoms. The van der Waals surface area contributed by atoms with Gasteiger partial charge in [-0.25, -0.2) is 0 Å². The van der Waals surface area contributed by atoms with Crippen LogP contribution in [0.3, 0.4) is 0 Å². The Hall–Kier alpha value is -2.05. The van der Waals surface area contributed by atoms with E-state index in [9.17, 15) is 40.5 Å². The average molecular weight is 1100 g/mol.